The summed E-state index contributed by atoms with van der Waals surface area (Å²) in [7, 11) is 0. The van der Waals surface area contributed by atoms with Crippen molar-refractivity contribution in [3.05, 3.63) is 29.3 Å². The third-order valence-corrected chi connectivity index (χ3v) is 4.50. The predicted molar refractivity (Wildman–Crippen MR) is 83.9 cm³/mol. The first-order valence-electron chi connectivity index (χ1n) is 7.25. The van der Waals surface area contributed by atoms with Gasteiger partial charge >= 0.3 is 6.09 Å². The summed E-state index contributed by atoms with van der Waals surface area (Å²) in [6.45, 7) is 1.50. The quantitative estimate of drug-likeness (QED) is 0.824. The number of carbonyl (C=O) groups is 2. The van der Waals surface area contributed by atoms with Crippen LogP contribution in [0.1, 0.15) is 11.4 Å². The van der Waals surface area contributed by atoms with Gasteiger partial charge < -0.3 is 10.1 Å². The first-order chi connectivity index (χ1) is 10.7. The van der Waals surface area contributed by atoms with Crippen molar-refractivity contribution >= 4 is 33.6 Å². The van der Waals surface area contributed by atoms with Crippen LogP contribution in [-0.2, 0) is 16.0 Å². The Morgan fingerprint density at radius 2 is 2.27 bits per heavy atom. The summed E-state index contributed by atoms with van der Waals surface area (Å²) >= 11 is 1.69. The number of fused-ring (bicyclic) bond motifs is 1. The topological polar surface area (TPSA) is 71.5 Å². The van der Waals surface area contributed by atoms with Gasteiger partial charge in [-0.05, 0) is 18.6 Å². The number of para-hydroxylation sites is 1. The first kappa shape index (κ1) is 14.8. The minimum absolute atomic E-state index is 0.0694. The van der Waals surface area contributed by atoms with Crippen LogP contribution in [0.5, 0.6) is 0 Å². The molecular formula is C15H17N3O3S. The molecule has 2 amide bonds. The smallest absolute Gasteiger partial charge is 0.410 e. The van der Waals surface area contributed by atoms with E-state index in [4.69, 9.17) is 4.74 Å². The van der Waals surface area contributed by atoms with Gasteiger partial charge in [-0.1, -0.05) is 12.1 Å². The zero-order valence-corrected chi connectivity index (χ0v) is 12.9. The molecule has 6 nitrogen and oxygen atoms in total. The third kappa shape index (κ3) is 3.54. The van der Waals surface area contributed by atoms with Crippen LogP contribution in [0.15, 0.2) is 24.3 Å². The minimum Gasteiger partial charge on any atom is -0.448 e. The Labute approximate surface area is 132 Å². The summed E-state index contributed by atoms with van der Waals surface area (Å²) in [4.78, 5) is 28.9. The number of amides is 2. The fraction of sp³-hybridized carbons (Fsp3) is 0.400. The zero-order chi connectivity index (χ0) is 15.4. The molecule has 0 bridgehead atoms. The molecule has 1 aromatic heterocycles. The molecule has 1 aliphatic heterocycles. The lowest BCUT2D eigenvalue weighted by Crippen LogP contribution is -2.38. The van der Waals surface area contributed by atoms with Gasteiger partial charge in [-0.15, -0.1) is 11.3 Å². The van der Waals surface area contributed by atoms with Gasteiger partial charge in [0, 0.05) is 13.0 Å². The number of aryl methyl sites for hydroxylation is 1. The van der Waals surface area contributed by atoms with Gasteiger partial charge in [-0.25, -0.2) is 9.78 Å². The molecule has 7 heteroatoms. The largest absolute Gasteiger partial charge is 0.448 e. The average Bonchev–Trinajstić information content (AvgIpc) is 3.10. The van der Waals surface area contributed by atoms with Crippen LogP contribution >= 0.6 is 11.3 Å². The number of carbonyl (C=O) groups excluding carboxylic acids is 2. The van der Waals surface area contributed by atoms with E-state index in [2.05, 4.69) is 16.4 Å². The van der Waals surface area contributed by atoms with E-state index in [0.29, 0.717) is 19.7 Å². The Bertz CT molecular complexity index is 652. The van der Waals surface area contributed by atoms with Crippen LogP contribution in [0.3, 0.4) is 0 Å². The number of ether oxygens (including phenoxy) is 1. The summed E-state index contributed by atoms with van der Waals surface area (Å²) < 4.78 is 5.97. The number of cyclic esters (lactones) is 1. The van der Waals surface area contributed by atoms with Crippen LogP contribution in [0.25, 0.3) is 10.2 Å². The van der Waals surface area contributed by atoms with Crippen LogP contribution in [0, 0.1) is 0 Å². The lowest BCUT2D eigenvalue weighted by Gasteiger charge is -2.11. The number of hydrogen-bond acceptors (Lipinski definition) is 5. The summed E-state index contributed by atoms with van der Waals surface area (Å²) in [6.07, 6.45) is 1.26. The number of rotatable bonds is 6. The van der Waals surface area contributed by atoms with Crippen LogP contribution in [-0.4, -0.2) is 48.1 Å². The zero-order valence-electron chi connectivity index (χ0n) is 12.1. The number of nitrogens with one attached hydrogen (secondary N) is 1. The normalized spacial score (nSPS) is 14.4. The number of aromatic nitrogens is 1. The lowest BCUT2D eigenvalue weighted by atomic mass is 10.3. The van der Waals surface area contributed by atoms with Gasteiger partial charge in [-0.2, -0.15) is 0 Å². The van der Waals surface area contributed by atoms with Crippen LogP contribution in [0.2, 0.25) is 0 Å². The molecule has 1 aromatic carbocycles. The third-order valence-electron chi connectivity index (χ3n) is 3.41. The SMILES string of the molecule is O=C(CN1CCOC1=O)NCCCc1nc2ccccc2s1. The maximum atomic E-state index is 11.7. The number of thiazole rings is 1. The highest BCUT2D eigenvalue weighted by atomic mass is 32.1. The average molecular weight is 319 g/mol. The van der Waals surface area contributed by atoms with E-state index in [1.54, 1.807) is 11.3 Å². The van der Waals surface area contributed by atoms with E-state index >= 15 is 0 Å². The predicted octanol–water partition coefficient (Wildman–Crippen LogP) is 1.80. The molecule has 2 heterocycles. The standard InChI is InChI=1S/C15H17N3O3S/c19-13(10-18-8-9-21-15(18)20)16-7-3-6-14-17-11-4-1-2-5-12(11)22-14/h1-2,4-5H,3,6-10H2,(H,16,19). The van der Waals surface area contributed by atoms with E-state index in [1.807, 2.05) is 18.2 Å². The fourth-order valence-corrected chi connectivity index (χ4v) is 3.30. The Morgan fingerprint density at radius 1 is 1.41 bits per heavy atom. The molecule has 0 unspecified atom stereocenters. The van der Waals surface area contributed by atoms with E-state index in [-0.39, 0.29) is 12.5 Å². The monoisotopic (exact) mass is 319 g/mol. The van der Waals surface area contributed by atoms with E-state index < -0.39 is 6.09 Å². The number of benzene rings is 1. The van der Waals surface area contributed by atoms with Crippen molar-refractivity contribution in [2.45, 2.75) is 12.8 Å². The number of nitrogens with zero attached hydrogens (tertiary/aromatic N) is 2. The van der Waals surface area contributed by atoms with Gasteiger partial charge in [0.15, 0.2) is 0 Å². The molecule has 2 aromatic rings. The maximum absolute atomic E-state index is 11.7. The molecule has 1 fully saturated rings. The fourth-order valence-electron chi connectivity index (χ4n) is 2.29. The lowest BCUT2D eigenvalue weighted by molar-refractivity contribution is -0.121. The molecular weight excluding hydrogens is 302 g/mol. The van der Waals surface area contributed by atoms with E-state index in [9.17, 15) is 9.59 Å². The minimum atomic E-state index is -0.412. The van der Waals surface area contributed by atoms with Gasteiger partial charge in [-0.3, -0.25) is 9.69 Å². The second-order valence-electron chi connectivity index (χ2n) is 5.06. The second kappa shape index (κ2) is 6.74. The van der Waals surface area contributed by atoms with Crippen molar-refractivity contribution in [1.29, 1.82) is 0 Å². The molecule has 0 spiro atoms. The highest BCUT2D eigenvalue weighted by Crippen LogP contribution is 2.22. The van der Waals surface area contributed by atoms with Crippen molar-refractivity contribution in [2.24, 2.45) is 0 Å². The molecule has 22 heavy (non-hydrogen) atoms. The van der Waals surface area contributed by atoms with Gasteiger partial charge in [0.2, 0.25) is 5.91 Å². The summed E-state index contributed by atoms with van der Waals surface area (Å²) in [6, 6.07) is 8.06. The molecule has 0 saturated carbocycles. The van der Waals surface area contributed by atoms with E-state index in [0.717, 1.165) is 23.4 Å². The second-order valence-corrected chi connectivity index (χ2v) is 6.18. The first-order valence-corrected chi connectivity index (χ1v) is 8.07. The van der Waals surface area contributed by atoms with Crippen molar-refractivity contribution in [1.82, 2.24) is 15.2 Å². The molecule has 1 N–H and O–H groups in total. The van der Waals surface area contributed by atoms with Gasteiger partial charge in [0.05, 0.1) is 21.8 Å². The molecule has 0 aliphatic carbocycles. The summed E-state index contributed by atoms with van der Waals surface area (Å²) in [5.74, 6) is -0.150. The van der Waals surface area contributed by atoms with Crippen molar-refractivity contribution < 1.29 is 14.3 Å². The number of hydrogen-bond donors (Lipinski definition) is 1. The Kier molecular flexibility index (Phi) is 4.53. The van der Waals surface area contributed by atoms with Gasteiger partial charge in [0.1, 0.15) is 13.2 Å². The molecule has 1 saturated heterocycles. The Balaban J connectivity index is 1.39. The van der Waals surface area contributed by atoms with E-state index in [1.165, 1.54) is 9.60 Å². The summed E-state index contributed by atoms with van der Waals surface area (Å²) in [5.41, 5.74) is 1.03. The molecule has 3 rings (SSSR count). The molecule has 0 atom stereocenters. The van der Waals surface area contributed by atoms with Crippen molar-refractivity contribution in [3.8, 4) is 0 Å². The maximum Gasteiger partial charge on any atom is 0.410 e. The van der Waals surface area contributed by atoms with Crippen LogP contribution < -0.4 is 5.32 Å². The Hall–Kier alpha value is -2.15. The van der Waals surface area contributed by atoms with Gasteiger partial charge in [0.25, 0.3) is 0 Å². The van der Waals surface area contributed by atoms with Crippen molar-refractivity contribution in [3.63, 3.8) is 0 Å². The highest BCUT2D eigenvalue weighted by Gasteiger charge is 2.23. The highest BCUT2D eigenvalue weighted by molar-refractivity contribution is 7.18. The molecule has 1 aliphatic rings. The summed E-state index contributed by atoms with van der Waals surface area (Å²) in [5, 5.41) is 3.90. The van der Waals surface area contributed by atoms with Crippen LogP contribution in [0.4, 0.5) is 4.79 Å². The molecule has 116 valence electrons. The van der Waals surface area contributed by atoms with Crippen molar-refractivity contribution in [2.75, 3.05) is 26.2 Å². The Morgan fingerprint density at radius 3 is 3.05 bits per heavy atom. The molecule has 0 radical (unpaired) electrons.